The SMILES string of the molecule is C[C@H]1CN(C(=O)COC(=O)CNC(=O)c2ccccc2F)C[C@H](C)O1. The second-order valence-corrected chi connectivity index (χ2v) is 5.88. The molecule has 136 valence electrons. The highest BCUT2D eigenvalue weighted by atomic mass is 19.1. The van der Waals surface area contributed by atoms with Crippen molar-refractivity contribution >= 4 is 17.8 Å². The van der Waals surface area contributed by atoms with Crippen LogP contribution in [0.2, 0.25) is 0 Å². The van der Waals surface area contributed by atoms with Crippen LogP contribution in [0.15, 0.2) is 24.3 Å². The molecule has 1 aromatic rings. The summed E-state index contributed by atoms with van der Waals surface area (Å²) in [5, 5.41) is 2.26. The van der Waals surface area contributed by atoms with E-state index >= 15 is 0 Å². The molecule has 7 nitrogen and oxygen atoms in total. The standard InChI is InChI=1S/C17H21FN2O5/c1-11-8-20(9-12(2)25-11)15(21)10-24-16(22)7-19-17(23)13-5-3-4-6-14(13)18/h3-6,11-12H,7-10H2,1-2H3,(H,19,23)/t11-,12-/m0/s1. The summed E-state index contributed by atoms with van der Waals surface area (Å²) in [5.74, 6) is -2.50. The zero-order chi connectivity index (χ0) is 18.4. The maximum Gasteiger partial charge on any atom is 0.325 e. The summed E-state index contributed by atoms with van der Waals surface area (Å²) in [6.07, 6.45) is -0.160. The highest BCUT2D eigenvalue weighted by Gasteiger charge is 2.26. The summed E-state index contributed by atoms with van der Waals surface area (Å²) in [5.41, 5.74) is -0.164. The summed E-state index contributed by atoms with van der Waals surface area (Å²) < 4.78 is 23.8. The van der Waals surface area contributed by atoms with Crippen LogP contribution in [-0.2, 0) is 19.1 Å². The number of morpholine rings is 1. The number of hydrogen-bond donors (Lipinski definition) is 1. The summed E-state index contributed by atoms with van der Waals surface area (Å²) in [4.78, 5) is 37.1. The van der Waals surface area contributed by atoms with E-state index < -0.39 is 30.8 Å². The monoisotopic (exact) mass is 352 g/mol. The van der Waals surface area contributed by atoms with Gasteiger partial charge >= 0.3 is 5.97 Å². The van der Waals surface area contributed by atoms with Crippen LogP contribution in [0.5, 0.6) is 0 Å². The zero-order valence-electron chi connectivity index (χ0n) is 14.2. The van der Waals surface area contributed by atoms with E-state index in [1.165, 1.54) is 18.2 Å². The number of ether oxygens (including phenoxy) is 2. The van der Waals surface area contributed by atoms with Gasteiger partial charge in [-0.1, -0.05) is 12.1 Å². The van der Waals surface area contributed by atoms with Gasteiger partial charge in [-0.3, -0.25) is 14.4 Å². The summed E-state index contributed by atoms with van der Waals surface area (Å²) in [6.45, 7) is 3.74. The summed E-state index contributed by atoms with van der Waals surface area (Å²) >= 11 is 0. The van der Waals surface area contributed by atoms with Crippen molar-refractivity contribution in [2.24, 2.45) is 0 Å². The Labute approximate surface area is 145 Å². The van der Waals surface area contributed by atoms with Gasteiger partial charge in [0.2, 0.25) is 0 Å². The molecule has 1 N–H and O–H groups in total. The van der Waals surface area contributed by atoms with Crippen molar-refractivity contribution in [3.8, 4) is 0 Å². The van der Waals surface area contributed by atoms with Crippen molar-refractivity contribution in [2.75, 3.05) is 26.2 Å². The molecule has 2 rings (SSSR count). The largest absolute Gasteiger partial charge is 0.454 e. The first-order valence-electron chi connectivity index (χ1n) is 7.98. The number of esters is 1. The molecule has 1 aliphatic rings. The molecule has 0 aromatic heterocycles. The van der Waals surface area contributed by atoms with Gasteiger partial charge in [-0.15, -0.1) is 0 Å². The van der Waals surface area contributed by atoms with E-state index in [4.69, 9.17) is 9.47 Å². The van der Waals surface area contributed by atoms with Gasteiger partial charge in [0.1, 0.15) is 12.4 Å². The number of hydrogen-bond acceptors (Lipinski definition) is 5. The molecule has 2 amide bonds. The van der Waals surface area contributed by atoms with Crippen LogP contribution in [0.4, 0.5) is 4.39 Å². The molecule has 2 atom stereocenters. The smallest absolute Gasteiger partial charge is 0.325 e. The second-order valence-electron chi connectivity index (χ2n) is 5.88. The highest BCUT2D eigenvalue weighted by molar-refractivity contribution is 5.96. The van der Waals surface area contributed by atoms with E-state index in [1.807, 2.05) is 13.8 Å². The van der Waals surface area contributed by atoms with E-state index in [2.05, 4.69) is 5.32 Å². The average molecular weight is 352 g/mol. The number of halogens is 1. The highest BCUT2D eigenvalue weighted by Crippen LogP contribution is 2.10. The van der Waals surface area contributed by atoms with Crippen LogP contribution in [0.25, 0.3) is 0 Å². The second kappa shape index (κ2) is 8.57. The van der Waals surface area contributed by atoms with E-state index in [9.17, 15) is 18.8 Å². The fourth-order valence-corrected chi connectivity index (χ4v) is 2.56. The predicted molar refractivity (Wildman–Crippen MR) is 86.3 cm³/mol. The first-order chi connectivity index (χ1) is 11.9. The molecule has 1 saturated heterocycles. The van der Waals surface area contributed by atoms with Gasteiger partial charge in [-0.05, 0) is 26.0 Å². The van der Waals surface area contributed by atoms with Crippen molar-refractivity contribution in [1.82, 2.24) is 10.2 Å². The molecule has 1 aromatic carbocycles. The van der Waals surface area contributed by atoms with Crippen LogP contribution in [-0.4, -0.2) is 61.1 Å². The third-order valence-corrected chi connectivity index (χ3v) is 3.64. The minimum atomic E-state index is -0.771. The van der Waals surface area contributed by atoms with Crippen LogP contribution in [0.3, 0.4) is 0 Å². The third kappa shape index (κ3) is 5.53. The Bertz CT molecular complexity index is 642. The molecule has 1 aliphatic heterocycles. The Kier molecular flexibility index (Phi) is 6.46. The number of carbonyl (C=O) groups is 3. The average Bonchev–Trinajstić information content (AvgIpc) is 2.57. The molecule has 0 bridgehead atoms. The van der Waals surface area contributed by atoms with Gasteiger partial charge in [-0.2, -0.15) is 0 Å². The zero-order valence-corrected chi connectivity index (χ0v) is 14.2. The van der Waals surface area contributed by atoms with Crippen molar-refractivity contribution < 1.29 is 28.2 Å². The molecule has 0 unspecified atom stereocenters. The maximum atomic E-state index is 13.5. The fraction of sp³-hybridized carbons (Fsp3) is 0.471. The lowest BCUT2D eigenvalue weighted by atomic mass is 10.2. The van der Waals surface area contributed by atoms with Crippen LogP contribution in [0, 0.1) is 5.82 Å². The molecular formula is C17H21FN2O5. The van der Waals surface area contributed by atoms with E-state index in [1.54, 1.807) is 4.90 Å². The van der Waals surface area contributed by atoms with Crippen LogP contribution >= 0.6 is 0 Å². The van der Waals surface area contributed by atoms with Crippen molar-refractivity contribution in [1.29, 1.82) is 0 Å². The maximum absolute atomic E-state index is 13.5. The van der Waals surface area contributed by atoms with Gasteiger partial charge in [-0.25, -0.2) is 4.39 Å². The van der Waals surface area contributed by atoms with Crippen molar-refractivity contribution in [2.45, 2.75) is 26.1 Å². The predicted octanol–water partition coefficient (Wildman–Crippen LogP) is 0.735. The van der Waals surface area contributed by atoms with Crippen LogP contribution < -0.4 is 5.32 Å². The molecule has 1 fully saturated rings. The number of carbonyl (C=O) groups excluding carboxylic acids is 3. The molecular weight excluding hydrogens is 331 g/mol. The molecule has 0 saturated carbocycles. The number of nitrogens with one attached hydrogen (secondary N) is 1. The Morgan fingerprint density at radius 1 is 1.24 bits per heavy atom. The third-order valence-electron chi connectivity index (χ3n) is 3.64. The topological polar surface area (TPSA) is 84.9 Å². The number of rotatable bonds is 5. The number of benzene rings is 1. The summed E-state index contributed by atoms with van der Waals surface area (Å²) in [7, 11) is 0. The first kappa shape index (κ1) is 18.9. The van der Waals surface area contributed by atoms with E-state index in [0.29, 0.717) is 13.1 Å². The minimum absolute atomic E-state index is 0.0801. The summed E-state index contributed by atoms with van der Waals surface area (Å²) in [6, 6.07) is 5.43. The minimum Gasteiger partial charge on any atom is -0.454 e. The molecule has 0 spiro atoms. The van der Waals surface area contributed by atoms with Gasteiger partial charge in [0.05, 0.1) is 17.8 Å². The van der Waals surface area contributed by atoms with Crippen molar-refractivity contribution in [3.63, 3.8) is 0 Å². The molecule has 8 heteroatoms. The molecule has 0 aliphatic carbocycles. The first-order valence-corrected chi connectivity index (χ1v) is 7.98. The number of amides is 2. The van der Waals surface area contributed by atoms with Gasteiger partial charge in [0.25, 0.3) is 11.8 Å². The van der Waals surface area contributed by atoms with Gasteiger partial charge in [0.15, 0.2) is 6.61 Å². The lowest BCUT2D eigenvalue weighted by Gasteiger charge is -2.35. The van der Waals surface area contributed by atoms with Gasteiger partial charge in [0, 0.05) is 13.1 Å². The van der Waals surface area contributed by atoms with E-state index in [0.717, 1.165) is 6.07 Å². The Balaban J connectivity index is 1.74. The van der Waals surface area contributed by atoms with E-state index in [-0.39, 0.29) is 23.7 Å². The molecule has 1 heterocycles. The van der Waals surface area contributed by atoms with Gasteiger partial charge < -0.3 is 19.7 Å². The fourth-order valence-electron chi connectivity index (χ4n) is 2.56. The number of nitrogens with zero attached hydrogens (tertiary/aromatic N) is 1. The van der Waals surface area contributed by atoms with Crippen LogP contribution in [0.1, 0.15) is 24.2 Å². The molecule has 0 radical (unpaired) electrons. The lowest BCUT2D eigenvalue weighted by molar-refractivity contribution is -0.156. The Morgan fingerprint density at radius 3 is 2.52 bits per heavy atom. The van der Waals surface area contributed by atoms with Crippen molar-refractivity contribution in [3.05, 3.63) is 35.6 Å². The lowest BCUT2D eigenvalue weighted by Crippen LogP contribution is -2.49. The Hall–Kier alpha value is -2.48. The molecule has 25 heavy (non-hydrogen) atoms. The quantitative estimate of drug-likeness (QED) is 0.790. The Morgan fingerprint density at radius 2 is 1.88 bits per heavy atom. The normalized spacial score (nSPS) is 20.0.